The van der Waals surface area contributed by atoms with Gasteiger partial charge in [-0.2, -0.15) is 0 Å². The Balaban J connectivity index is 1.78. The minimum Gasteiger partial charge on any atom is -0.497 e. The van der Waals surface area contributed by atoms with Gasteiger partial charge < -0.3 is 24.7 Å². The Morgan fingerprint density at radius 1 is 1.08 bits per heavy atom. The molecule has 1 aliphatic heterocycles. The first-order valence-electron chi connectivity index (χ1n) is 10.4. The molecule has 15 heteroatoms. The van der Waals surface area contributed by atoms with Crippen LogP contribution in [0.5, 0.6) is 5.75 Å². The van der Waals surface area contributed by atoms with Crippen LogP contribution >= 0.6 is 23.2 Å². The van der Waals surface area contributed by atoms with Crippen molar-refractivity contribution in [2.45, 2.75) is 46.9 Å². The molecular weight excluding hydrogens is 537 g/mol. The molecule has 1 aromatic carbocycles. The number of ether oxygens (including phenoxy) is 4. The molecule has 3 aromatic rings. The van der Waals surface area contributed by atoms with E-state index >= 15 is 0 Å². The molecular formula is C21H21Cl2N5O7S. The van der Waals surface area contributed by atoms with Gasteiger partial charge in [0, 0.05) is 18.7 Å². The highest BCUT2D eigenvalue weighted by molar-refractivity contribution is 7.89. The van der Waals surface area contributed by atoms with Gasteiger partial charge in [-0.1, -0.05) is 23.2 Å². The Kier molecular flexibility index (Phi) is 7.36. The van der Waals surface area contributed by atoms with E-state index in [0.29, 0.717) is 5.75 Å². The number of benzene rings is 1. The van der Waals surface area contributed by atoms with Gasteiger partial charge in [0.2, 0.25) is 3.67 Å². The van der Waals surface area contributed by atoms with Gasteiger partial charge in [0.25, 0.3) is 0 Å². The van der Waals surface area contributed by atoms with Crippen molar-refractivity contribution < 1.29 is 32.7 Å². The Morgan fingerprint density at radius 2 is 1.72 bits per heavy atom. The number of fused-ring (bicyclic) bond motifs is 1. The highest BCUT2D eigenvalue weighted by Gasteiger charge is 2.60. The fraction of sp³-hybridized carbons (Fsp3) is 0.381. The van der Waals surface area contributed by atoms with Crippen LogP contribution in [0.3, 0.4) is 0 Å². The summed E-state index contributed by atoms with van der Waals surface area (Å²) in [6, 6.07) is 6.22. The molecule has 0 spiro atoms. The molecule has 0 bridgehead atoms. The third-order valence-corrected chi connectivity index (χ3v) is 8.00. The minimum atomic E-state index is -2.16. The maximum Gasteiger partial charge on any atom is 0.303 e. The predicted molar refractivity (Wildman–Crippen MR) is 129 cm³/mol. The second-order valence-corrected chi connectivity index (χ2v) is 11.2. The average Bonchev–Trinajstić information content (AvgIpc) is 3.41. The molecule has 1 saturated heterocycles. The molecule has 1 fully saturated rings. The SMILES string of the molecule is COc1ccc([S@@](=O)C(Cl)(Cl)[C@H]2O[C@@H](n3cnc4c(N)ncnc43)[C@H](OC(C)=O)[C@@H]2OC(C)=O)cc1. The molecule has 3 heterocycles. The van der Waals surface area contributed by atoms with Crippen LogP contribution in [-0.4, -0.2) is 64.8 Å². The van der Waals surface area contributed by atoms with Crippen molar-refractivity contribution >= 4 is 62.9 Å². The van der Waals surface area contributed by atoms with Gasteiger partial charge in [-0.05, 0) is 24.3 Å². The van der Waals surface area contributed by atoms with Crippen molar-refractivity contribution in [3.05, 3.63) is 36.9 Å². The number of alkyl halides is 2. The number of nitrogen functional groups attached to an aromatic ring is 1. The zero-order chi connectivity index (χ0) is 26.2. The number of esters is 2. The molecule has 4 rings (SSSR count). The van der Waals surface area contributed by atoms with E-state index in [9.17, 15) is 13.8 Å². The van der Waals surface area contributed by atoms with E-state index in [1.165, 1.54) is 43.4 Å². The zero-order valence-electron chi connectivity index (χ0n) is 19.2. The van der Waals surface area contributed by atoms with Crippen molar-refractivity contribution in [2.24, 2.45) is 0 Å². The van der Waals surface area contributed by atoms with Gasteiger partial charge in [-0.25, -0.2) is 15.0 Å². The Morgan fingerprint density at radius 3 is 2.33 bits per heavy atom. The van der Waals surface area contributed by atoms with Crippen LogP contribution in [0.4, 0.5) is 5.82 Å². The van der Waals surface area contributed by atoms with Crippen LogP contribution < -0.4 is 10.5 Å². The molecule has 0 radical (unpaired) electrons. The van der Waals surface area contributed by atoms with E-state index in [-0.39, 0.29) is 21.9 Å². The van der Waals surface area contributed by atoms with Gasteiger partial charge in [-0.15, -0.1) is 0 Å². The van der Waals surface area contributed by atoms with E-state index in [2.05, 4.69) is 15.0 Å². The van der Waals surface area contributed by atoms with Crippen molar-refractivity contribution in [3.63, 3.8) is 0 Å². The summed E-state index contributed by atoms with van der Waals surface area (Å²) in [7, 11) is -0.612. The largest absolute Gasteiger partial charge is 0.497 e. The molecule has 12 nitrogen and oxygen atoms in total. The van der Waals surface area contributed by atoms with Crippen LogP contribution in [0.2, 0.25) is 0 Å². The maximum absolute atomic E-state index is 13.5. The summed E-state index contributed by atoms with van der Waals surface area (Å²) in [5, 5.41) is 0. The fourth-order valence-electron chi connectivity index (χ4n) is 3.79. The van der Waals surface area contributed by atoms with Crippen molar-refractivity contribution in [1.29, 1.82) is 0 Å². The number of carbonyl (C=O) groups is 2. The smallest absolute Gasteiger partial charge is 0.303 e. The summed E-state index contributed by atoms with van der Waals surface area (Å²) in [5.41, 5.74) is 6.40. The van der Waals surface area contributed by atoms with Crippen molar-refractivity contribution in [3.8, 4) is 5.75 Å². The standard InChI is InChI=1S/C21H21Cl2N5O7S/c1-10(29)33-15-16(34-11(2)30)20(28-9-27-14-18(24)25-8-26-19(14)28)35-17(15)21(22,23)36(31)13-6-4-12(32-3)5-7-13/h4-9,15-17,20H,1-3H3,(H2,24,25,26)/t15-,16+,17-,20+,36+/m0/s1. The Hall–Kier alpha value is -3.00. The highest BCUT2D eigenvalue weighted by atomic mass is 35.5. The molecule has 2 N–H and O–H groups in total. The van der Waals surface area contributed by atoms with E-state index in [1.54, 1.807) is 12.1 Å². The number of nitrogens with zero attached hydrogens (tertiary/aromatic N) is 4. The first kappa shape index (κ1) is 26.1. The van der Waals surface area contributed by atoms with E-state index in [0.717, 1.165) is 6.92 Å². The molecule has 0 unspecified atom stereocenters. The summed E-state index contributed by atoms with van der Waals surface area (Å²) >= 11 is 13.3. The summed E-state index contributed by atoms with van der Waals surface area (Å²) in [6.45, 7) is 2.33. The van der Waals surface area contributed by atoms with E-state index in [4.69, 9.17) is 47.9 Å². The number of halogens is 2. The van der Waals surface area contributed by atoms with E-state index in [1.807, 2.05) is 0 Å². The third-order valence-electron chi connectivity index (χ3n) is 5.31. The zero-order valence-corrected chi connectivity index (χ0v) is 21.5. The number of anilines is 1. The molecule has 5 atom stereocenters. The first-order chi connectivity index (χ1) is 17.0. The van der Waals surface area contributed by atoms with Crippen molar-refractivity contribution in [1.82, 2.24) is 19.5 Å². The van der Waals surface area contributed by atoms with Crippen LogP contribution in [0.25, 0.3) is 11.2 Å². The van der Waals surface area contributed by atoms with Gasteiger partial charge in [0.1, 0.15) is 23.7 Å². The predicted octanol–water partition coefficient (Wildman–Crippen LogP) is 2.12. The number of hydrogen-bond donors (Lipinski definition) is 1. The maximum atomic E-state index is 13.5. The Bertz CT molecular complexity index is 1320. The van der Waals surface area contributed by atoms with Crippen molar-refractivity contribution in [2.75, 3.05) is 12.8 Å². The fourth-order valence-corrected chi connectivity index (χ4v) is 5.77. The lowest BCUT2D eigenvalue weighted by molar-refractivity contribution is -0.165. The van der Waals surface area contributed by atoms with E-state index < -0.39 is 50.9 Å². The second kappa shape index (κ2) is 10.2. The van der Waals surface area contributed by atoms with Gasteiger partial charge in [-0.3, -0.25) is 18.4 Å². The van der Waals surface area contributed by atoms with Crippen LogP contribution in [-0.2, 0) is 34.6 Å². The summed E-state index contributed by atoms with van der Waals surface area (Å²) in [6.07, 6.45) is -2.63. The quantitative estimate of drug-likeness (QED) is 0.335. The number of hydrogen-bond acceptors (Lipinski definition) is 11. The normalized spacial score (nSPS) is 22.8. The summed E-state index contributed by atoms with van der Waals surface area (Å²) in [4.78, 5) is 36.5. The lowest BCUT2D eigenvalue weighted by Gasteiger charge is -2.29. The number of aromatic nitrogens is 4. The number of imidazole rings is 1. The topological polar surface area (TPSA) is 158 Å². The van der Waals surface area contributed by atoms with Crippen LogP contribution in [0, 0.1) is 0 Å². The number of carbonyl (C=O) groups excluding carboxylic acids is 2. The third kappa shape index (κ3) is 4.83. The molecule has 36 heavy (non-hydrogen) atoms. The van der Waals surface area contributed by atoms with Gasteiger partial charge in [0.15, 0.2) is 29.9 Å². The molecule has 192 valence electrons. The highest BCUT2D eigenvalue weighted by Crippen LogP contribution is 2.46. The number of rotatable bonds is 7. The Labute approximate surface area is 217 Å². The summed E-state index contributed by atoms with van der Waals surface area (Å²) in [5.74, 6) is -0.786. The monoisotopic (exact) mass is 557 g/mol. The van der Waals surface area contributed by atoms with Gasteiger partial charge in [0.05, 0.1) is 24.2 Å². The molecule has 0 aliphatic carbocycles. The number of methoxy groups -OCH3 is 1. The van der Waals surface area contributed by atoms with Crippen LogP contribution in [0.1, 0.15) is 20.1 Å². The molecule has 1 aliphatic rings. The minimum absolute atomic E-state index is 0.110. The lowest BCUT2D eigenvalue weighted by Crippen LogP contribution is -2.47. The number of nitrogens with two attached hydrogens (primary N) is 1. The molecule has 0 saturated carbocycles. The lowest BCUT2D eigenvalue weighted by atomic mass is 10.1. The molecule has 2 aromatic heterocycles. The first-order valence-corrected chi connectivity index (χ1v) is 12.3. The average molecular weight is 558 g/mol. The summed E-state index contributed by atoms with van der Waals surface area (Å²) < 4.78 is 34.9. The molecule has 0 amide bonds. The second-order valence-electron chi connectivity index (χ2n) is 7.68. The van der Waals surface area contributed by atoms with Crippen LogP contribution in [0.15, 0.2) is 41.8 Å². The van der Waals surface area contributed by atoms with Gasteiger partial charge >= 0.3 is 11.9 Å².